The molecule has 4 aromatic carbocycles. The number of amides is 3. The molecule has 25 heteroatoms. The summed E-state index contributed by atoms with van der Waals surface area (Å²) < 4.78 is 99.7. The summed E-state index contributed by atoms with van der Waals surface area (Å²) in [6, 6.07) is 30.7. The third-order valence-electron chi connectivity index (χ3n) is 13.6. The number of hydrogen-bond donors (Lipinski definition) is 5. The van der Waals surface area contributed by atoms with Gasteiger partial charge in [-0.3, -0.25) is 4.79 Å². The van der Waals surface area contributed by atoms with Gasteiger partial charge in [0.1, 0.15) is 25.1 Å². The zero-order valence-electron chi connectivity index (χ0n) is 47.9. The van der Waals surface area contributed by atoms with Crippen LogP contribution in [0, 0.1) is 22.2 Å². The first-order valence-electron chi connectivity index (χ1n) is 27.1. The van der Waals surface area contributed by atoms with E-state index in [0.29, 0.717) is 24.3 Å². The molecule has 3 amide bonds. The highest BCUT2D eigenvalue weighted by Gasteiger charge is 2.37. The molecule has 23 nitrogen and oxygen atoms in total. The predicted octanol–water partition coefficient (Wildman–Crippen LogP) is 5.14. The number of nitrogens with two attached hydrogens (primary N) is 1. The second kappa shape index (κ2) is 32.6. The number of rotatable bonds is 29. The number of alkyl carbamates (subject to hydrolysis) is 2. The van der Waals surface area contributed by atoms with Crippen molar-refractivity contribution in [3.63, 3.8) is 0 Å². The molecule has 0 bridgehead atoms. The minimum Gasteiger partial charge on any atom is -0.497 e. The van der Waals surface area contributed by atoms with Crippen molar-refractivity contribution < 1.29 is 79.3 Å². The van der Waals surface area contributed by atoms with Crippen LogP contribution in [0.15, 0.2) is 119 Å². The summed E-state index contributed by atoms with van der Waals surface area (Å²) in [7, 11) is -5.24. The lowest BCUT2D eigenvalue weighted by atomic mass is 9.87. The summed E-state index contributed by atoms with van der Waals surface area (Å²) in [5, 5.41) is 37.5. The molecule has 2 aliphatic rings. The molecular formula is C58H80N6O17S2. The van der Waals surface area contributed by atoms with Crippen molar-refractivity contribution in [1.82, 2.24) is 19.2 Å². The quantitative estimate of drug-likeness (QED) is 0.0470. The van der Waals surface area contributed by atoms with Crippen molar-refractivity contribution in [2.75, 3.05) is 80.4 Å². The highest BCUT2D eigenvalue weighted by Crippen LogP contribution is 2.31. The van der Waals surface area contributed by atoms with Gasteiger partial charge in [-0.2, -0.15) is 13.9 Å². The van der Waals surface area contributed by atoms with Gasteiger partial charge in [0.2, 0.25) is 26.0 Å². The van der Waals surface area contributed by atoms with Crippen LogP contribution < -0.4 is 25.8 Å². The maximum Gasteiger partial charge on any atom is 0.407 e. The minimum absolute atomic E-state index is 0.00507. The van der Waals surface area contributed by atoms with E-state index in [9.17, 15) is 41.4 Å². The second-order valence-corrected chi connectivity index (χ2v) is 25.6. The lowest BCUT2D eigenvalue weighted by molar-refractivity contribution is -0.151. The van der Waals surface area contributed by atoms with Crippen LogP contribution in [-0.4, -0.2) is 171 Å². The maximum atomic E-state index is 13.9. The van der Waals surface area contributed by atoms with E-state index in [1.165, 1.54) is 59.2 Å². The Morgan fingerprint density at radius 3 is 1.33 bits per heavy atom. The Morgan fingerprint density at radius 2 is 0.988 bits per heavy atom. The van der Waals surface area contributed by atoms with Crippen LogP contribution in [0.1, 0.15) is 64.5 Å². The smallest absolute Gasteiger partial charge is 0.407 e. The molecule has 6 rings (SSSR count). The van der Waals surface area contributed by atoms with Crippen molar-refractivity contribution in [3.05, 3.63) is 120 Å². The molecule has 83 heavy (non-hydrogen) atoms. The molecule has 2 saturated heterocycles. The fourth-order valence-corrected chi connectivity index (χ4v) is 12.3. The molecule has 456 valence electrons. The van der Waals surface area contributed by atoms with Crippen LogP contribution in [0.4, 0.5) is 9.59 Å². The number of hydrogen-bond acceptors (Lipinski definition) is 18. The highest BCUT2D eigenvalue weighted by molar-refractivity contribution is 7.89. The monoisotopic (exact) mass is 1200 g/mol. The van der Waals surface area contributed by atoms with Crippen molar-refractivity contribution in [2.45, 2.75) is 113 Å². The highest BCUT2D eigenvalue weighted by atomic mass is 32.2. The van der Waals surface area contributed by atoms with Gasteiger partial charge in [0.25, 0.3) is 0 Å². The van der Waals surface area contributed by atoms with Crippen LogP contribution in [0.2, 0.25) is 0 Å². The zero-order valence-corrected chi connectivity index (χ0v) is 49.6. The van der Waals surface area contributed by atoms with Gasteiger partial charge in [0, 0.05) is 39.0 Å². The summed E-state index contributed by atoms with van der Waals surface area (Å²) >= 11 is 0. The lowest BCUT2D eigenvalue weighted by Gasteiger charge is -2.35. The summed E-state index contributed by atoms with van der Waals surface area (Å²) in [6.07, 6.45) is -3.89. The third kappa shape index (κ3) is 22.6. The number of nitriles is 1. The number of primary amides is 1. The van der Waals surface area contributed by atoms with Crippen molar-refractivity contribution in [1.29, 1.82) is 5.26 Å². The number of benzene rings is 4. The number of carbonyl (C=O) groups excluding carboxylic acids is 3. The number of nitrogens with zero attached hydrogens (tertiary/aromatic N) is 3. The molecule has 0 radical (unpaired) electrons. The van der Waals surface area contributed by atoms with Gasteiger partial charge in [0.15, 0.2) is 12.2 Å². The topological polar surface area (TPSA) is 314 Å². The molecule has 4 atom stereocenters. The van der Waals surface area contributed by atoms with Gasteiger partial charge in [-0.05, 0) is 96.2 Å². The van der Waals surface area contributed by atoms with Gasteiger partial charge in [-0.25, -0.2) is 26.4 Å². The summed E-state index contributed by atoms with van der Waals surface area (Å²) in [6.45, 7) is 7.72. The van der Waals surface area contributed by atoms with Gasteiger partial charge < -0.3 is 64.5 Å². The Hall–Kier alpha value is -6.44. The van der Waals surface area contributed by atoms with E-state index in [1.54, 1.807) is 12.1 Å². The standard InChI is InChI=1S/C29H41N3O9S.C29H39N3O8S/c1-29(2,14-13-27(30)34)19-32(42(36,37)24-11-9-22(38-3)10-12-24)16-26(33)25(15-21-7-5-4-6-8-21)31-28(35)41-23-17-39-20-40-18-23;1-29(2,14-7-15-30)20-32(41(35,36)25-12-10-23(37-3)11-13-25)17-27(33)26(16-22-8-5-4-6-9-22)31-28(34)40-24-18-38-21-39-19-24/h4-12,23,25-26,33H,13-20H2,1-3H3,(H2,30,34)(H,31,35);4-6,8-13,24,26-27,33H,7,14,16-21H2,1-3H3,(H,31,34)/t25-,26?;26-,27?/m00/s1. The largest absolute Gasteiger partial charge is 0.497 e. The first kappa shape index (κ1) is 67.4. The summed E-state index contributed by atoms with van der Waals surface area (Å²) in [4.78, 5) is 37.1. The van der Waals surface area contributed by atoms with Crippen molar-refractivity contribution in [2.24, 2.45) is 16.6 Å². The van der Waals surface area contributed by atoms with Gasteiger partial charge >= 0.3 is 12.2 Å². The molecule has 4 aromatic rings. The minimum atomic E-state index is -4.13. The average Bonchev–Trinajstić information content (AvgIpc) is 3.47. The molecule has 0 aromatic heterocycles. The molecule has 6 N–H and O–H groups in total. The SMILES string of the molecule is COc1ccc(S(=O)(=O)N(CC(O)[C@H](Cc2ccccc2)NC(=O)OC2COCOC2)CC(C)(C)CCC#N)cc1.COc1ccc(S(=O)(=O)N(CC(O)[C@H](Cc2ccccc2)NC(=O)OC2COCOC2)CC(C)(C)CCC(N)=O)cc1. The van der Waals surface area contributed by atoms with E-state index in [0.717, 1.165) is 11.1 Å². The predicted molar refractivity (Wildman–Crippen MR) is 305 cm³/mol. The third-order valence-corrected chi connectivity index (χ3v) is 17.2. The van der Waals surface area contributed by atoms with Crippen LogP contribution in [0.3, 0.4) is 0 Å². The van der Waals surface area contributed by atoms with Crippen LogP contribution >= 0.6 is 0 Å². The zero-order chi connectivity index (χ0) is 60.6. The number of aliphatic hydroxyl groups is 2. The van der Waals surface area contributed by atoms with E-state index in [4.69, 9.17) is 48.9 Å². The number of sulfonamides is 2. The normalized spacial score (nSPS) is 16.0. The number of aliphatic hydroxyl groups excluding tert-OH is 2. The van der Waals surface area contributed by atoms with Gasteiger partial charge in [-0.1, -0.05) is 88.4 Å². The number of methoxy groups -OCH3 is 2. The summed E-state index contributed by atoms with van der Waals surface area (Å²) in [5.74, 6) is 0.498. The molecule has 2 heterocycles. The van der Waals surface area contributed by atoms with E-state index in [-0.39, 0.29) is 102 Å². The Bertz CT molecular complexity index is 2890. The van der Waals surface area contributed by atoms with E-state index in [1.807, 2.05) is 88.4 Å². The number of ether oxygens (including phenoxy) is 8. The lowest BCUT2D eigenvalue weighted by Crippen LogP contribution is -2.52. The molecule has 0 spiro atoms. The maximum absolute atomic E-state index is 13.9. The second-order valence-electron chi connectivity index (χ2n) is 21.7. The number of nitrogens with one attached hydrogen (secondary N) is 2. The fourth-order valence-electron chi connectivity index (χ4n) is 8.97. The van der Waals surface area contributed by atoms with E-state index < -0.39 is 85.5 Å². The molecular weight excluding hydrogens is 1120 g/mol. The first-order chi connectivity index (χ1) is 39.4. The first-order valence-corrected chi connectivity index (χ1v) is 29.9. The molecule has 2 unspecified atom stereocenters. The Morgan fingerprint density at radius 1 is 0.627 bits per heavy atom. The van der Waals surface area contributed by atoms with Gasteiger partial charge in [0.05, 0.1) is 80.8 Å². The molecule has 0 aliphatic carbocycles. The van der Waals surface area contributed by atoms with Crippen LogP contribution in [-0.2, 0) is 66.1 Å². The summed E-state index contributed by atoms with van der Waals surface area (Å²) in [5.41, 5.74) is 5.76. The molecule has 2 aliphatic heterocycles. The van der Waals surface area contributed by atoms with Crippen molar-refractivity contribution >= 4 is 38.1 Å². The van der Waals surface area contributed by atoms with Crippen molar-refractivity contribution in [3.8, 4) is 17.6 Å². The Labute approximate surface area is 487 Å². The molecule has 2 fully saturated rings. The van der Waals surface area contributed by atoms with Crippen LogP contribution in [0.5, 0.6) is 11.5 Å². The average molecular weight is 1200 g/mol. The Kier molecular flexibility index (Phi) is 26.4. The fraction of sp³-hybridized carbons (Fsp3) is 0.517. The van der Waals surface area contributed by atoms with Crippen LogP contribution in [0.25, 0.3) is 0 Å². The number of carbonyl (C=O) groups is 3. The van der Waals surface area contributed by atoms with Gasteiger partial charge in [-0.15, -0.1) is 0 Å². The Balaban J connectivity index is 0.000000304. The van der Waals surface area contributed by atoms with E-state index in [2.05, 4.69) is 16.7 Å². The van der Waals surface area contributed by atoms with E-state index >= 15 is 0 Å². The molecule has 0 saturated carbocycles.